The summed E-state index contributed by atoms with van der Waals surface area (Å²) in [5.74, 6) is 0. The number of halogens is 1. The molecule has 2 amide bonds. The van der Waals surface area contributed by atoms with Crippen LogP contribution in [0.4, 0.5) is 10.5 Å². The molecule has 1 N–H and O–H groups in total. The number of hydrogen-bond acceptors (Lipinski definition) is 1. The number of amides is 2. The molecule has 1 unspecified atom stereocenters. The molecule has 1 aromatic rings. The zero-order valence-corrected chi connectivity index (χ0v) is 12.1. The molecule has 1 atom stereocenters. The number of benzene rings is 1. The summed E-state index contributed by atoms with van der Waals surface area (Å²) in [6.45, 7) is 2.99. The third kappa shape index (κ3) is 3.34. The Kier molecular flexibility index (Phi) is 4.25. The van der Waals surface area contributed by atoms with Crippen molar-refractivity contribution in [3.63, 3.8) is 0 Å². The van der Waals surface area contributed by atoms with E-state index in [0.717, 1.165) is 25.1 Å². The van der Waals surface area contributed by atoms with Crippen molar-refractivity contribution in [1.82, 2.24) is 4.90 Å². The smallest absolute Gasteiger partial charge is 0.322 e. The Morgan fingerprint density at radius 2 is 2.06 bits per heavy atom. The van der Waals surface area contributed by atoms with Crippen molar-refractivity contribution in [3.8, 4) is 0 Å². The lowest BCUT2D eigenvalue weighted by molar-refractivity contribution is 0.170. The molecule has 1 heterocycles. The van der Waals surface area contributed by atoms with E-state index in [1.165, 1.54) is 9.99 Å². The van der Waals surface area contributed by atoms with Crippen LogP contribution < -0.4 is 5.32 Å². The number of hydrogen-bond donors (Lipinski definition) is 1. The number of piperidine rings is 1. The van der Waals surface area contributed by atoms with E-state index >= 15 is 0 Å². The molecule has 2 rings (SSSR count). The summed E-state index contributed by atoms with van der Waals surface area (Å²) < 4.78 is 1.17. The van der Waals surface area contributed by atoms with Crippen molar-refractivity contribution in [2.45, 2.75) is 32.2 Å². The van der Waals surface area contributed by atoms with E-state index in [2.05, 4.69) is 34.8 Å². The van der Waals surface area contributed by atoms with Gasteiger partial charge in [0.15, 0.2) is 0 Å². The van der Waals surface area contributed by atoms with Crippen molar-refractivity contribution >= 4 is 34.3 Å². The Balaban J connectivity index is 1.98. The molecule has 0 radical (unpaired) electrons. The monoisotopic (exact) mass is 344 g/mol. The summed E-state index contributed by atoms with van der Waals surface area (Å²) in [6, 6.07) is 8.25. The first kappa shape index (κ1) is 12.7. The zero-order chi connectivity index (χ0) is 12.3. The maximum atomic E-state index is 12.1. The Morgan fingerprint density at radius 1 is 1.35 bits per heavy atom. The van der Waals surface area contributed by atoms with Crippen molar-refractivity contribution in [2.75, 3.05) is 11.9 Å². The predicted molar refractivity (Wildman–Crippen MR) is 78.2 cm³/mol. The first-order valence-electron chi connectivity index (χ1n) is 6.00. The van der Waals surface area contributed by atoms with Crippen molar-refractivity contribution in [3.05, 3.63) is 27.8 Å². The molecule has 0 bridgehead atoms. The van der Waals surface area contributed by atoms with E-state index in [-0.39, 0.29) is 6.03 Å². The number of carbonyl (C=O) groups excluding carboxylic acids is 1. The fourth-order valence-corrected chi connectivity index (χ4v) is 2.49. The Labute approximate surface area is 116 Å². The molecule has 1 fully saturated rings. The molecule has 3 nitrogen and oxygen atoms in total. The van der Waals surface area contributed by atoms with Crippen LogP contribution in [0.2, 0.25) is 0 Å². The Morgan fingerprint density at radius 3 is 2.71 bits per heavy atom. The minimum absolute atomic E-state index is 0.0263. The third-order valence-corrected chi connectivity index (χ3v) is 3.88. The highest BCUT2D eigenvalue weighted by atomic mass is 127. The molecular formula is C13H17IN2O. The van der Waals surface area contributed by atoms with Gasteiger partial charge in [-0.3, -0.25) is 0 Å². The van der Waals surface area contributed by atoms with Crippen LogP contribution in [0.3, 0.4) is 0 Å². The van der Waals surface area contributed by atoms with Crippen LogP contribution in [0.25, 0.3) is 0 Å². The van der Waals surface area contributed by atoms with Crippen molar-refractivity contribution < 1.29 is 4.79 Å². The fraction of sp³-hybridized carbons (Fsp3) is 0.462. The molecule has 17 heavy (non-hydrogen) atoms. The molecule has 0 saturated carbocycles. The summed E-state index contributed by atoms with van der Waals surface area (Å²) in [5.41, 5.74) is 0.869. The van der Waals surface area contributed by atoms with Crippen LogP contribution in [0.15, 0.2) is 24.3 Å². The van der Waals surface area contributed by atoms with Crippen LogP contribution in [0.1, 0.15) is 26.2 Å². The van der Waals surface area contributed by atoms with E-state index in [0.29, 0.717) is 6.04 Å². The highest BCUT2D eigenvalue weighted by Gasteiger charge is 2.22. The van der Waals surface area contributed by atoms with Crippen LogP contribution in [-0.2, 0) is 0 Å². The van der Waals surface area contributed by atoms with Gasteiger partial charge in [0.2, 0.25) is 0 Å². The Hall–Kier alpha value is -0.780. The van der Waals surface area contributed by atoms with Gasteiger partial charge < -0.3 is 10.2 Å². The van der Waals surface area contributed by atoms with Gasteiger partial charge in [-0.2, -0.15) is 0 Å². The molecule has 0 aliphatic carbocycles. The first-order chi connectivity index (χ1) is 8.16. The quantitative estimate of drug-likeness (QED) is 0.774. The molecular weight excluding hydrogens is 327 g/mol. The lowest BCUT2D eigenvalue weighted by Gasteiger charge is -2.33. The van der Waals surface area contributed by atoms with Gasteiger partial charge in [0.05, 0.1) is 0 Å². The summed E-state index contributed by atoms with van der Waals surface area (Å²) in [4.78, 5) is 14.0. The van der Waals surface area contributed by atoms with Gasteiger partial charge in [0.25, 0.3) is 0 Å². The molecule has 1 aliphatic heterocycles. The lowest BCUT2D eigenvalue weighted by Crippen LogP contribution is -2.44. The van der Waals surface area contributed by atoms with E-state index in [1.807, 2.05) is 29.2 Å². The van der Waals surface area contributed by atoms with Gasteiger partial charge in [-0.1, -0.05) is 0 Å². The SMILES string of the molecule is CC1CCCCN1C(=O)Nc1ccc(I)cc1. The average molecular weight is 344 g/mol. The third-order valence-electron chi connectivity index (χ3n) is 3.16. The molecule has 1 aliphatic rings. The van der Waals surface area contributed by atoms with E-state index in [1.54, 1.807) is 0 Å². The standard InChI is InChI=1S/C13H17IN2O/c1-10-4-2-3-9-16(10)13(17)15-12-7-5-11(14)6-8-12/h5-8,10H,2-4,9H2,1H3,(H,15,17). The zero-order valence-electron chi connectivity index (χ0n) is 9.95. The maximum Gasteiger partial charge on any atom is 0.322 e. The molecule has 0 spiro atoms. The highest BCUT2D eigenvalue weighted by Crippen LogP contribution is 2.18. The molecule has 1 saturated heterocycles. The van der Waals surface area contributed by atoms with Gasteiger partial charge in [-0.25, -0.2) is 4.79 Å². The first-order valence-corrected chi connectivity index (χ1v) is 7.08. The minimum Gasteiger partial charge on any atom is -0.322 e. The van der Waals surface area contributed by atoms with E-state index < -0.39 is 0 Å². The number of carbonyl (C=O) groups is 1. The largest absolute Gasteiger partial charge is 0.322 e. The summed E-state index contributed by atoms with van der Waals surface area (Å²) >= 11 is 2.25. The van der Waals surface area contributed by atoms with Gasteiger partial charge in [0.1, 0.15) is 0 Å². The summed E-state index contributed by atoms with van der Waals surface area (Å²) in [6.07, 6.45) is 3.46. The maximum absolute atomic E-state index is 12.1. The van der Waals surface area contributed by atoms with Crippen LogP contribution in [-0.4, -0.2) is 23.5 Å². The normalized spacial score (nSPS) is 20.1. The fourth-order valence-electron chi connectivity index (χ4n) is 2.13. The minimum atomic E-state index is 0.0263. The highest BCUT2D eigenvalue weighted by molar-refractivity contribution is 14.1. The second-order valence-electron chi connectivity index (χ2n) is 4.48. The van der Waals surface area contributed by atoms with Gasteiger partial charge in [0, 0.05) is 21.8 Å². The second kappa shape index (κ2) is 5.71. The molecule has 92 valence electrons. The van der Waals surface area contributed by atoms with Crippen LogP contribution in [0, 0.1) is 3.57 Å². The second-order valence-corrected chi connectivity index (χ2v) is 5.72. The van der Waals surface area contributed by atoms with Crippen LogP contribution >= 0.6 is 22.6 Å². The number of anilines is 1. The van der Waals surface area contributed by atoms with Crippen molar-refractivity contribution in [2.24, 2.45) is 0 Å². The van der Waals surface area contributed by atoms with Gasteiger partial charge in [-0.05, 0) is 73.0 Å². The summed E-state index contributed by atoms with van der Waals surface area (Å²) in [7, 11) is 0. The molecule has 4 heteroatoms. The number of nitrogens with one attached hydrogen (secondary N) is 1. The molecule has 0 aromatic heterocycles. The van der Waals surface area contributed by atoms with Gasteiger partial charge in [-0.15, -0.1) is 0 Å². The van der Waals surface area contributed by atoms with Crippen molar-refractivity contribution in [1.29, 1.82) is 0 Å². The van der Waals surface area contributed by atoms with E-state index in [4.69, 9.17) is 0 Å². The lowest BCUT2D eigenvalue weighted by atomic mass is 10.0. The molecule has 1 aromatic carbocycles. The number of urea groups is 1. The topological polar surface area (TPSA) is 32.3 Å². The Bertz CT molecular complexity index is 391. The van der Waals surface area contributed by atoms with Crippen LogP contribution in [0.5, 0.6) is 0 Å². The van der Waals surface area contributed by atoms with Gasteiger partial charge >= 0.3 is 6.03 Å². The number of likely N-dealkylation sites (tertiary alicyclic amines) is 1. The predicted octanol–water partition coefficient (Wildman–Crippen LogP) is 3.70. The number of nitrogens with zero attached hydrogens (tertiary/aromatic N) is 1. The average Bonchev–Trinajstić information content (AvgIpc) is 2.32. The number of rotatable bonds is 1. The van der Waals surface area contributed by atoms with E-state index in [9.17, 15) is 4.79 Å². The summed E-state index contributed by atoms with van der Waals surface area (Å²) in [5, 5.41) is 2.95.